The van der Waals surface area contributed by atoms with E-state index in [1.54, 1.807) is 0 Å². The van der Waals surface area contributed by atoms with Crippen LogP contribution in [0, 0.1) is 0 Å². The summed E-state index contributed by atoms with van der Waals surface area (Å²) < 4.78 is 6.62. The molecule has 0 saturated carbocycles. The topological polar surface area (TPSA) is 24.5 Å². The van der Waals surface area contributed by atoms with Crippen LogP contribution < -0.4 is 10.2 Å². The van der Waals surface area contributed by atoms with Crippen LogP contribution >= 0.6 is 15.9 Å². The minimum absolute atomic E-state index is 0.366. The summed E-state index contributed by atoms with van der Waals surface area (Å²) >= 11 is 3.60. The van der Waals surface area contributed by atoms with Gasteiger partial charge in [-0.15, -0.1) is 0 Å². The first-order valence-electron chi connectivity index (χ1n) is 7.47. The summed E-state index contributed by atoms with van der Waals surface area (Å²) in [5, 5.41) is 3.51. The lowest BCUT2D eigenvalue weighted by Gasteiger charge is -2.35. The highest BCUT2D eigenvalue weighted by Gasteiger charge is 2.22. The van der Waals surface area contributed by atoms with E-state index in [1.165, 1.54) is 11.3 Å². The van der Waals surface area contributed by atoms with Crippen molar-refractivity contribution < 1.29 is 4.74 Å². The Kier molecular flexibility index (Phi) is 5.87. The molecule has 1 saturated heterocycles. The van der Waals surface area contributed by atoms with Crippen LogP contribution in [-0.2, 0) is 4.74 Å². The fourth-order valence-corrected chi connectivity index (χ4v) is 3.22. The number of rotatable bonds is 5. The van der Waals surface area contributed by atoms with Gasteiger partial charge in [-0.3, -0.25) is 0 Å². The van der Waals surface area contributed by atoms with Gasteiger partial charge in [0.05, 0.1) is 0 Å². The lowest BCUT2D eigenvalue weighted by atomic mass is 10.0. The average Bonchev–Trinajstić information content (AvgIpc) is 2.47. The fourth-order valence-electron chi connectivity index (χ4n) is 2.87. The number of hydrogen-bond acceptors (Lipinski definition) is 3. The van der Waals surface area contributed by atoms with Gasteiger partial charge in [-0.2, -0.15) is 0 Å². The zero-order valence-electron chi connectivity index (χ0n) is 12.7. The number of ether oxygens (including phenoxy) is 1. The summed E-state index contributed by atoms with van der Waals surface area (Å²) in [6.07, 6.45) is 2.22. The number of nitrogens with zero attached hydrogens (tertiary/aromatic N) is 1. The second kappa shape index (κ2) is 7.43. The molecular weight excluding hydrogens is 316 g/mol. The fraction of sp³-hybridized carbons (Fsp3) is 0.625. The molecule has 0 bridgehead atoms. The smallest absolute Gasteiger partial charge is 0.0485 e. The lowest BCUT2D eigenvalue weighted by Crippen LogP contribution is -2.37. The predicted octanol–water partition coefficient (Wildman–Crippen LogP) is 3.73. The molecule has 0 radical (unpaired) electrons. The molecule has 0 spiro atoms. The van der Waals surface area contributed by atoms with Crippen molar-refractivity contribution in [2.24, 2.45) is 0 Å². The van der Waals surface area contributed by atoms with Crippen molar-refractivity contribution in [1.82, 2.24) is 5.32 Å². The second-order valence-corrected chi connectivity index (χ2v) is 6.35. The molecule has 112 valence electrons. The highest BCUT2D eigenvalue weighted by Crippen LogP contribution is 2.31. The molecule has 1 aromatic carbocycles. The van der Waals surface area contributed by atoms with Crippen LogP contribution in [0.4, 0.5) is 5.69 Å². The molecule has 0 aliphatic carbocycles. The molecule has 20 heavy (non-hydrogen) atoms. The largest absolute Gasteiger partial charge is 0.381 e. The Labute approximate surface area is 130 Å². The first-order valence-corrected chi connectivity index (χ1v) is 8.26. The Morgan fingerprint density at radius 3 is 2.75 bits per heavy atom. The normalized spacial score (nSPS) is 18.0. The van der Waals surface area contributed by atoms with Gasteiger partial charge in [-0.25, -0.2) is 0 Å². The highest BCUT2D eigenvalue weighted by atomic mass is 79.9. The molecule has 1 unspecified atom stereocenters. The standard InChI is InChI=1S/C16H25BrN2O/c1-4-18-12(2)15-6-5-13(17)11-16(15)19(3)14-7-9-20-10-8-14/h5-6,11-12,14,18H,4,7-10H2,1-3H3. The molecule has 0 amide bonds. The summed E-state index contributed by atoms with van der Waals surface area (Å²) in [7, 11) is 2.21. The quantitative estimate of drug-likeness (QED) is 0.883. The van der Waals surface area contributed by atoms with Gasteiger partial charge in [0.1, 0.15) is 0 Å². The lowest BCUT2D eigenvalue weighted by molar-refractivity contribution is 0.0854. The summed E-state index contributed by atoms with van der Waals surface area (Å²) in [4.78, 5) is 2.43. The summed E-state index contributed by atoms with van der Waals surface area (Å²) in [6, 6.07) is 7.53. The summed E-state index contributed by atoms with van der Waals surface area (Å²) in [5.41, 5.74) is 2.68. The van der Waals surface area contributed by atoms with Crippen molar-refractivity contribution in [3.05, 3.63) is 28.2 Å². The van der Waals surface area contributed by atoms with Gasteiger partial charge in [0.25, 0.3) is 0 Å². The van der Waals surface area contributed by atoms with Crippen molar-refractivity contribution in [2.75, 3.05) is 31.7 Å². The van der Waals surface area contributed by atoms with E-state index in [9.17, 15) is 0 Å². The Balaban J connectivity index is 2.25. The number of nitrogens with one attached hydrogen (secondary N) is 1. The molecule has 3 nitrogen and oxygen atoms in total. The maximum atomic E-state index is 5.48. The van der Waals surface area contributed by atoms with Gasteiger partial charge in [0.15, 0.2) is 0 Å². The maximum Gasteiger partial charge on any atom is 0.0485 e. The molecule has 0 aromatic heterocycles. The third-order valence-electron chi connectivity index (χ3n) is 4.09. The van der Waals surface area contributed by atoms with E-state index in [2.05, 4.69) is 65.2 Å². The van der Waals surface area contributed by atoms with Gasteiger partial charge >= 0.3 is 0 Å². The summed E-state index contributed by atoms with van der Waals surface area (Å²) in [6.45, 7) is 7.12. The average molecular weight is 341 g/mol. The van der Waals surface area contributed by atoms with Gasteiger partial charge in [0, 0.05) is 42.5 Å². The van der Waals surface area contributed by atoms with Crippen molar-refractivity contribution >= 4 is 21.6 Å². The van der Waals surface area contributed by atoms with E-state index in [-0.39, 0.29) is 0 Å². The molecule has 1 fully saturated rings. The number of halogens is 1. The predicted molar refractivity (Wildman–Crippen MR) is 88.5 cm³/mol. The number of hydrogen-bond donors (Lipinski definition) is 1. The monoisotopic (exact) mass is 340 g/mol. The third-order valence-corrected chi connectivity index (χ3v) is 4.58. The molecule has 1 aromatic rings. The van der Waals surface area contributed by atoms with Crippen LogP contribution in [0.5, 0.6) is 0 Å². The van der Waals surface area contributed by atoms with Crippen molar-refractivity contribution in [3.63, 3.8) is 0 Å². The van der Waals surface area contributed by atoms with E-state index in [1.807, 2.05) is 0 Å². The zero-order valence-corrected chi connectivity index (χ0v) is 14.2. The van der Waals surface area contributed by atoms with E-state index in [0.717, 1.165) is 37.1 Å². The molecule has 4 heteroatoms. The van der Waals surface area contributed by atoms with Gasteiger partial charge in [-0.1, -0.05) is 28.9 Å². The maximum absolute atomic E-state index is 5.48. The molecule has 2 rings (SSSR count). The Morgan fingerprint density at radius 1 is 1.40 bits per heavy atom. The van der Waals surface area contributed by atoms with E-state index in [4.69, 9.17) is 4.74 Å². The van der Waals surface area contributed by atoms with E-state index < -0.39 is 0 Å². The first-order chi connectivity index (χ1) is 9.63. The molecular formula is C16H25BrN2O. The van der Waals surface area contributed by atoms with Crippen LogP contribution in [-0.4, -0.2) is 32.8 Å². The van der Waals surface area contributed by atoms with Gasteiger partial charge in [0.2, 0.25) is 0 Å². The number of anilines is 1. The summed E-state index contributed by atoms with van der Waals surface area (Å²) in [5.74, 6) is 0. The van der Waals surface area contributed by atoms with E-state index in [0.29, 0.717) is 12.1 Å². The Morgan fingerprint density at radius 2 is 2.10 bits per heavy atom. The molecule has 1 atom stereocenters. The minimum atomic E-state index is 0.366. The van der Waals surface area contributed by atoms with Crippen molar-refractivity contribution in [2.45, 2.75) is 38.8 Å². The molecule has 1 aliphatic rings. The minimum Gasteiger partial charge on any atom is -0.381 e. The Bertz CT molecular complexity index is 432. The second-order valence-electron chi connectivity index (χ2n) is 5.44. The van der Waals surface area contributed by atoms with Crippen LogP contribution in [0.2, 0.25) is 0 Å². The van der Waals surface area contributed by atoms with E-state index >= 15 is 0 Å². The first kappa shape index (κ1) is 15.8. The van der Waals surface area contributed by atoms with Crippen molar-refractivity contribution in [3.8, 4) is 0 Å². The number of benzene rings is 1. The van der Waals surface area contributed by atoms with Gasteiger partial charge in [-0.05, 0) is 44.0 Å². The van der Waals surface area contributed by atoms with Crippen LogP contribution in [0.3, 0.4) is 0 Å². The molecule has 1 heterocycles. The van der Waals surface area contributed by atoms with Crippen molar-refractivity contribution in [1.29, 1.82) is 0 Å². The van der Waals surface area contributed by atoms with Crippen LogP contribution in [0.25, 0.3) is 0 Å². The third kappa shape index (κ3) is 3.74. The molecule has 1 N–H and O–H groups in total. The molecule has 1 aliphatic heterocycles. The highest BCUT2D eigenvalue weighted by molar-refractivity contribution is 9.10. The Hall–Kier alpha value is -0.580. The SMILES string of the molecule is CCNC(C)c1ccc(Br)cc1N(C)C1CCOCC1. The zero-order chi connectivity index (χ0) is 14.5. The van der Waals surface area contributed by atoms with Gasteiger partial charge < -0.3 is 15.0 Å². The van der Waals surface area contributed by atoms with Crippen LogP contribution in [0.15, 0.2) is 22.7 Å². The van der Waals surface area contributed by atoms with Crippen LogP contribution in [0.1, 0.15) is 38.3 Å².